The maximum atomic E-state index is 11.6. The highest BCUT2D eigenvalue weighted by Gasteiger charge is 2.11. The molecular formula is C14H17N2O4-. The van der Waals surface area contributed by atoms with Crippen LogP contribution in [0.1, 0.15) is 36.5 Å². The molecule has 0 fully saturated rings. The zero-order chi connectivity index (χ0) is 15.0. The second kappa shape index (κ2) is 7.93. The molecule has 6 nitrogen and oxygen atoms in total. The van der Waals surface area contributed by atoms with Gasteiger partial charge in [0.05, 0.1) is 5.97 Å². The third-order valence-corrected chi connectivity index (χ3v) is 2.59. The number of unbranched alkanes of at least 4 members (excludes halogenated alkanes) is 1. The average Bonchev–Trinajstić information content (AvgIpc) is 2.39. The van der Waals surface area contributed by atoms with Gasteiger partial charge in [0.15, 0.2) is 0 Å². The Kier molecular flexibility index (Phi) is 6.22. The van der Waals surface area contributed by atoms with Crippen molar-refractivity contribution in [3.05, 3.63) is 29.8 Å². The molecule has 2 amide bonds. The van der Waals surface area contributed by atoms with Crippen LogP contribution in [-0.2, 0) is 9.59 Å². The van der Waals surface area contributed by atoms with Gasteiger partial charge in [0.25, 0.3) is 0 Å². The van der Waals surface area contributed by atoms with Crippen LogP contribution in [0.25, 0.3) is 0 Å². The van der Waals surface area contributed by atoms with Crippen molar-refractivity contribution in [3.8, 4) is 0 Å². The lowest BCUT2D eigenvalue weighted by atomic mass is 10.1. The summed E-state index contributed by atoms with van der Waals surface area (Å²) in [6.07, 6.45) is 1.46. The molecule has 1 aromatic rings. The number of benzene rings is 1. The van der Waals surface area contributed by atoms with E-state index in [2.05, 4.69) is 10.6 Å². The second-order valence-electron chi connectivity index (χ2n) is 4.26. The Morgan fingerprint density at radius 1 is 1.15 bits per heavy atom. The normalized spacial score (nSPS) is 9.85. The molecule has 0 radical (unpaired) electrons. The summed E-state index contributed by atoms with van der Waals surface area (Å²) >= 11 is 0. The van der Waals surface area contributed by atoms with Gasteiger partial charge in [-0.15, -0.1) is 0 Å². The topological polar surface area (TPSA) is 98.3 Å². The summed E-state index contributed by atoms with van der Waals surface area (Å²) in [5, 5.41) is 15.9. The van der Waals surface area contributed by atoms with Crippen molar-refractivity contribution < 1.29 is 19.5 Å². The van der Waals surface area contributed by atoms with Crippen molar-refractivity contribution in [2.24, 2.45) is 0 Å². The van der Waals surface area contributed by atoms with Gasteiger partial charge in [0.1, 0.15) is 6.42 Å². The number of aromatic carboxylic acids is 1. The van der Waals surface area contributed by atoms with E-state index in [1.165, 1.54) is 18.2 Å². The molecule has 2 N–H and O–H groups in total. The molecule has 0 saturated heterocycles. The number of rotatable bonds is 7. The molecule has 0 atom stereocenters. The molecule has 0 aromatic heterocycles. The second-order valence-corrected chi connectivity index (χ2v) is 4.26. The van der Waals surface area contributed by atoms with Crippen LogP contribution in [0.2, 0.25) is 0 Å². The molecule has 0 saturated carbocycles. The number of anilines is 1. The number of carboxylic acids is 1. The molecule has 6 heteroatoms. The fourth-order valence-electron chi connectivity index (χ4n) is 1.58. The van der Waals surface area contributed by atoms with Crippen LogP contribution in [0.5, 0.6) is 0 Å². The van der Waals surface area contributed by atoms with Gasteiger partial charge in [0, 0.05) is 17.8 Å². The number of hydrogen-bond acceptors (Lipinski definition) is 4. The summed E-state index contributed by atoms with van der Waals surface area (Å²) in [5.74, 6) is -2.33. The maximum Gasteiger partial charge on any atom is 0.233 e. The third-order valence-electron chi connectivity index (χ3n) is 2.59. The van der Waals surface area contributed by atoms with E-state index in [0.29, 0.717) is 6.54 Å². The van der Waals surface area contributed by atoms with E-state index in [4.69, 9.17) is 0 Å². The van der Waals surface area contributed by atoms with E-state index in [1.807, 2.05) is 6.92 Å². The molecule has 0 bridgehead atoms. The first-order chi connectivity index (χ1) is 9.54. The Morgan fingerprint density at radius 3 is 2.50 bits per heavy atom. The van der Waals surface area contributed by atoms with E-state index in [1.54, 1.807) is 6.07 Å². The highest BCUT2D eigenvalue weighted by atomic mass is 16.4. The van der Waals surface area contributed by atoms with E-state index < -0.39 is 11.9 Å². The summed E-state index contributed by atoms with van der Waals surface area (Å²) in [4.78, 5) is 33.9. The van der Waals surface area contributed by atoms with Crippen LogP contribution in [0.3, 0.4) is 0 Å². The monoisotopic (exact) mass is 277 g/mol. The molecule has 0 unspecified atom stereocenters. The number of nitrogens with one attached hydrogen (secondary N) is 2. The predicted octanol–water partition coefficient (Wildman–Crippen LogP) is 0.295. The van der Waals surface area contributed by atoms with Gasteiger partial charge in [-0.3, -0.25) is 9.59 Å². The van der Waals surface area contributed by atoms with Crippen LogP contribution in [0, 0.1) is 0 Å². The van der Waals surface area contributed by atoms with Gasteiger partial charge in [-0.1, -0.05) is 31.5 Å². The maximum absolute atomic E-state index is 11.6. The summed E-state index contributed by atoms with van der Waals surface area (Å²) in [5.41, 5.74) is 0.00565. The summed E-state index contributed by atoms with van der Waals surface area (Å²) < 4.78 is 0. The van der Waals surface area contributed by atoms with Crippen molar-refractivity contribution in [1.82, 2.24) is 5.32 Å². The molecule has 1 rings (SSSR count). The van der Waals surface area contributed by atoms with E-state index >= 15 is 0 Å². The highest BCUT2D eigenvalue weighted by molar-refractivity contribution is 6.06. The first kappa shape index (κ1) is 15.7. The summed E-state index contributed by atoms with van der Waals surface area (Å²) in [6.45, 7) is 2.52. The first-order valence-corrected chi connectivity index (χ1v) is 6.41. The average molecular weight is 277 g/mol. The molecule has 108 valence electrons. The van der Waals surface area contributed by atoms with Gasteiger partial charge in [-0.25, -0.2) is 0 Å². The van der Waals surface area contributed by atoms with E-state index in [9.17, 15) is 19.5 Å². The molecule has 20 heavy (non-hydrogen) atoms. The molecule has 0 heterocycles. The van der Waals surface area contributed by atoms with Crippen molar-refractivity contribution in [2.75, 3.05) is 11.9 Å². The van der Waals surface area contributed by atoms with Crippen LogP contribution in [-0.4, -0.2) is 24.3 Å². The third kappa shape index (κ3) is 5.09. The smallest absolute Gasteiger partial charge is 0.233 e. The molecule has 0 aliphatic carbocycles. The van der Waals surface area contributed by atoms with Crippen LogP contribution in [0.4, 0.5) is 5.69 Å². The Morgan fingerprint density at radius 2 is 1.85 bits per heavy atom. The number of carbonyl (C=O) groups excluding carboxylic acids is 3. The van der Waals surface area contributed by atoms with Gasteiger partial charge in [-0.05, 0) is 12.5 Å². The van der Waals surface area contributed by atoms with Gasteiger partial charge < -0.3 is 20.5 Å². The zero-order valence-corrected chi connectivity index (χ0v) is 11.3. The minimum atomic E-state index is -1.38. The molecule has 0 aliphatic heterocycles. The van der Waals surface area contributed by atoms with E-state index in [0.717, 1.165) is 12.8 Å². The van der Waals surface area contributed by atoms with Crippen LogP contribution >= 0.6 is 0 Å². The largest absolute Gasteiger partial charge is 0.545 e. The Bertz CT molecular complexity index is 500. The van der Waals surface area contributed by atoms with Crippen LogP contribution < -0.4 is 15.7 Å². The summed E-state index contributed by atoms with van der Waals surface area (Å²) in [6, 6.07) is 5.88. The SMILES string of the molecule is CCCCNC(=O)CC(=O)Nc1ccccc1C(=O)[O-]. The fraction of sp³-hybridized carbons (Fsp3) is 0.357. The van der Waals surface area contributed by atoms with Crippen molar-refractivity contribution in [1.29, 1.82) is 0 Å². The Hall–Kier alpha value is -2.37. The minimum Gasteiger partial charge on any atom is -0.545 e. The molecule has 1 aromatic carbocycles. The minimum absolute atomic E-state index is 0.118. The van der Waals surface area contributed by atoms with Crippen molar-refractivity contribution in [3.63, 3.8) is 0 Å². The lowest BCUT2D eigenvalue weighted by molar-refractivity contribution is -0.254. The van der Waals surface area contributed by atoms with Crippen molar-refractivity contribution >= 4 is 23.5 Å². The van der Waals surface area contributed by atoms with Gasteiger partial charge >= 0.3 is 0 Å². The molecule has 0 spiro atoms. The van der Waals surface area contributed by atoms with Gasteiger partial charge in [0.2, 0.25) is 11.8 Å². The number of para-hydroxylation sites is 1. The van der Waals surface area contributed by atoms with Crippen LogP contribution in [0.15, 0.2) is 24.3 Å². The number of carboxylic acid groups (broad SMARTS) is 1. The number of amides is 2. The number of carbonyl (C=O) groups is 3. The quantitative estimate of drug-likeness (QED) is 0.553. The van der Waals surface area contributed by atoms with Gasteiger partial charge in [-0.2, -0.15) is 0 Å². The molecule has 0 aliphatic rings. The Balaban J connectivity index is 2.54. The fourth-order valence-corrected chi connectivity index (χ4v) is 1.58. The lowest BCUT2D eigenvalue weighted by Crippen LogP contribution is -2.30. The predicted molar refractivity (Wildman–Crippen MR) is 71.9 cm³/mol. The lowest BCUT2D eigenvalue weighted by Gasteiger charge is -2.11. The molecular weight excluding hydrogens is 260 g/mol. The summed E-state index contributed by atoms with van der Waals surface area (Å²) in [7, 11) is 0. The standard InChI is InChI=1S/C14H18N2O4/c1-2-3-8-15-12(17)9-13(18)16-11-7-5-4-6-10(11)14(19)20/h4-7H,2-3,8-9H2,1H3,(H,15,17)(H,16,18)(H,19,20)/p-1. The highest BCUT2D eigenvalue weighted by Crippen LogP contribution is 2.14. The first-order valence-electron chi connectivity index (χ1n) is 6.41. The van der Waals surface area contributed by atoms with E-state index in [-0.39, 0.29) is 23.6 Å². The number of hydrogen-bond donors (Lipinski definition) is 2. The van der Waals surface area contributed by atoms with Crippen molar-refractivity contribution in [2.45, 2.75) is 26.2 Å². The Labute approximate surface area is 117 Å². The zero-order valence-electron chi connectivity index (χ0n) is 11.3.